The van der Waals surface area contributed by atoms with E-state index in [2.05, 4.69) is 62.5 Å². The zero-order chi connectivity index (χ0) is 13.3. The minimum atomic E-state index is -0.671. The normalized spacial score (nSPS) is 13.2. The first kappa shape index (κ1) is 13.5. The highest BCUT2D eigenvalue weighted by Gasteiger charge is 2.24. The summed E-state index contributed by atoms with van der Waals surface area (Å²) in [4.78, 5) is 4.69. The number of nitrogens with zero attached hydrogens (tertiary/aromatic N) is 2. The van der Waals surface area contributed by atoms with Crippen LogP contribution in [-0.2, 0) is 7.05 Å². The van der Waals surface area contributed by atoms with Gasteiger partial charge in [-0.25, -0.2) is 15.0 Å². The topological polar surface area (TPSA) is 17.8 Å². The van der Waals surface area contributed by atoms with E-state index in [4.69, 9.17) is 0 Å². The lowest BCUT2D eigenvalue weighted by Gasteiger charge is -2.37. The molecule has 100 valence electrons. The first-order chi connectivity index (χ1) is 8.57. The molecule has 2 aromatic heterocycles. The number of rotatable bonds is 4. The molecule has 0 aliphatic carbocycles. The largest absolute Gasteiger partial charge is 0.325 e. The fourth-order valence-electron chi connectivity index (χ4n) is 2.74. The highest BCUT2D eigenvalue weighted by atomic mass is 32.3. The molecule has 0 aromatic carbocycles. The lowest BCUT2D eigenvalue weighted by atomic mass is 10.3. The molecular formula is C15H24N2S. The summed E-state index contributed by atoms with van der Waals surface area (Å²) in [6.07, 6.45) is 0. The van der Waals surface area contributed by atoms with Crippen molar-refractivity contribution in [2.24, 2.45) is 7.05 Å². The van der Waals surface area contributed by atoms with E-state index >= 15 is 0 Å². The molecule has 0 aliphatic rings. The summed E-state index contributed by atoms with van der Waals surface area (Å²) in [5.74, 6) is 3.80. The quantitative estimate of drug-likeness (QED) is 0.812. The molecule has 3 heteroatoms. The monoisotopic (exact) mass is 264 g/mol. The number of fused-ring (bicyclic) bond motifs is 1. The Balaban J connectivity index is 2.68. The summed E-state index contributed by atoms with van der Waals surface area (Å²) in [6, 6.07) is 6.67. The molecule has 0 unspecified atom stereocenters. The van der Waals surface area contributed by atoms with Crippen LogP contribution in [0.2, 0.25) is 0 Å². The molecule has 0 aliphatic heterocycles. The zero-order valence-corrected chi connectivity index (χ0v) is 13.0. The number of aromatic nitrogens is 2. The Bertz CT molecular complexity index is 545. The van der Waals surface area contributed by atoms with E-state index in [0.29, 0.717) is 0 Å². The van der Waals surface area contributed by atoms with Crippen LogP contribution in [0.15, 0.2) is 23.2 Å². The van der Waals surface area contributed by atoms with Crippen molar-refractivity contribution in [2.45, 2.75) is 32.7 Å². The zero-order valence-electron chi connectivity index (χ0n) is 12.2. The Morgan fingerprint density at radius 2 is 1.72 bits per heavy atom. The molecule has 2 heterocycles. The van der Waals surface area contributed by atoms with Crippen LogP contribution < -0.4 is 0 Å². The van der Waals surface area contributed by atoms with Crippen molar-refractivity contribution in [2.75, 3.05) is 17.3 Å². The van der Waals surface area contributed by atoms with Gasteiger partial charge in [-0.15, -0.1) is 0 Å². The molecule has 18 heavy (non-hydrogen) atoms. The smallest absolute Gasteiger partial charge is 0.140 e. The lowest BCUT2D eigenvalue weighted by molar-refractivity contribution is 0.836. The first-order valence-electron chi connectivity index (χ1n) is 6.77. The van der Waals surface area contributed by atoms with Crippen molar-refractivity contribution < 1.29 is 0 Å². The van der Waals surface area contributed by atoms with Crippen LogP contribution in [0.4, 0.5) is 0 Å². The third kappa shape index (κ3) is 1.95. The maximum atomic E-state index is 4.69. The van der Waals surface area contributed by atoms with E-state index < -0.39 is 10.0 Å². The van der Waals surface area contributed by atoms with E-state index in [0.717, 1.165) is 11.3 Å². The van der Waals surface area contributed by atoms with Crippen molar-refractivity contribution in [1.29, 1.82) is 0 Å². The van der Waals surface area contributed by atoms with E-state index in [9.17, 15) is 0 Å². The molecule has 0 amide bonds. The molecule has 0 fully saturated rings. The Morgan fingerprint density at radius 1 is 1.11 bits per heavy atom. The number of hydrogen-bond donors (Lipinski definition) is 0. The Hall–Kier alpha value is -0.960. The standard InChI is InChI=1S/C15H24N2S/c1-6-18(7-2,8-3)14-11-13-10-9-12(4)16-15(13)17(14)5/h9-11H,6-8H2,1-5H3. The Kier molecular flexibility index (Phi) is 3.71. The van der Waals surface area contributed by atoms with Gasteiger partial charge >= 0.3 is 0 Å². The molecule has 2 nitrogen and oxygen atoms in total. The molecule has 0 atom stereocenters. The number of pyridine rings is 1. The summed E-state index contributed by atoms with van der Waals surface area (Å²) in [5.41, 5.74) is 2.23. The molecule has 0 bridgehead atoms. The molecule has 0 radical (unpaired) electrons. The maximum absolute atomic E-state index is 4.69. The molecule has 0 saturated heterocycles. The third-order valence-corrected chi connectivity index (χ3v) is 8.67. The van der Waals surface area contributed by atoms with Crippen molar-refractivity contribution in [3.05, 3.63) is 23.9 Å². The van der Waals surface area contributed by atoms with Crippen LogP contribution in [-0.4, -0.2) is 26.8 Å². The number of aryl methyl sites for hydroxylation is 2. The minimum Gasteiger partial charge on any atom is -0.325 e. The lowest BCUT2D eigenvalue weighted by Crippen LogP contribution is -2.13. The predicted octanol–water partition coefficient (Wildman–Crippen LogP) is 4.10. The molecule has 0 spiro atoms. The van der Waals surface area contributed by atoms with E-state index in [1.807, 2.05) is 0 Å². The second-order valence-corrected chi connectivity index (χ2v) is 9.06. The van der Waals surface area contributed by atoms with Gasteiger partial charge in [0.1, 0.15) is 5.65 Å². The number of hydrogen-bond acceptors (Lipinski definition) is 1. The van der Waals surface area contributed by atoms with Gasteiger partial charge < -0.3 is 4.57 Å². The van der Waals surface area contributed by atoms with Gasteiger partial charge in [0.05, 0.1) is 5.03 Å². The van der Waals surface area contributed by atoms with Gasteiger partial charge in [-0.2, -0.15) is 0 Å². The second kappa shape index (κ2) is 4.96. The molecular weight excluding hydrogens is 240 g/mol. The van der Waals surface area contributed by atoms with Gasteiger partial charge in [0.25, 0.3) is 0 Å². The van der Waals surface area contributed by atoms with E-state index in [1.54, 1.807) is 0 Å². The third-order valence-electron chi connectivity index (χ3n) is 4.07. The van der Waals surface area contributed by atoms with Crippen molar-refractivity contribution in [3.63, 3.8) is 0 Å². The van der Waals surface area contributed by atoms with Crippen molar-refractivity contribution >= 4 is 21.1 Å². The fourth-order valence-corrected chi connectivity index (χ4v) is 5.90. The van der Waals surface area contributed by atoms with Gasteiger partial charge in [0, 0.05) is 18.1 Å². The molecule has 2 aromatic rings. The van der Waals surface area contributed by atoms with Crippen molar-refractivity contribution in [3.8, 4) is 0 Å². The average Bonchev–Trinajstić information content (AvgIpc) is 2.71. The van der Waals surface area contributed by atoms with Gasteiger partial charge in [-0.05, 0) is 42.4 Å². The summed E-state index contributed by atoms with van der Waals surface area (Å²) < 4.78 is 2.33. The summed E-state index contributed by atoms with van der Waals surface area (Å²) in [6.45, 7) is 9.06. The van der Waals surface area contributed by atoms with Gasteiger partial charge in [-0.3, -0.25) is 0 Å². The van der Waals surface area contributed by atoms with Gasteiger partial charge in [0.15, 0.2) is 0 Å². The van der Waals surface area contributed by atoms with Crippen LogP contribution in [0.1, 0.15) is 26.5 Å². The van der Waals surface area contributed by atoms with Crippen LogP contribution in [0.5, 0.6) is 0 Å². The first-order valence-corrected chi connectivity index (χ1v) is 8.91. The predicted molar refractivity (Wildman–Crippen MR) is 82.9 cm³/mol. The highest BCUT2D eigenvalue weighted by molar-refractivity contribution is 8.33. The maximum Gasteiger partial charge on any atom is 0.140 e. The summed E-state index contributed by atoms with van der Waals surface area (Å²) in [5, 5.41) is 2.80. The van der Waals surface area contributed by atoms with Gasteiger partial charge in [0.2, 0.25) is 0 Å². The van der Waals surface area contributed by atoms with Gasteiger partial charge in [-0.1, -0.05) is 20.8 Å². The van der Waals surface area contributed by atoms with Crippen LogP contribution in [0.25, 0.3) is 11.0 Å². The SMILES string of the molecule is CCS(CC)(CC)c1cc2ccc(C)nc2n1C. The van der Waals surface area contributed by atoms with Crippen LogP contribution in [0, 0.1) is 6.92 Å². The Morgan fingerprint density at radius 3 is 2.28 bits per heavy atom. The molecule has 0 saturated carbocycles. The minimum absolute atomic E-state index is 0.671. The Labute approximate surface area is 112 Å². The van der Waals surface area contributed by atoms with Crippen molar-refractivity contribution in [1.82, 2.24) is 9.55 Å². The van der Waals surface area contributed by atoms with E-state index in [-0.39, 0.29) is 0 Å². The van der Waals surface area contributed by atoms with E-state index in [1.165, 1.54) is 27.7 Å². The summed E-state index contributed by atoms with van der Waals surface area (Å²) in [7, 11) is 1.50. The van der Waals surface area contributed by atoms with Crippen LogP contribution in [0.3, 0.4) is 0 Å². The second-order valence-electron chi connectivity index (χ2n) is 4.82. The fraction of sp³-hybridized carbons (Fsp3) is 0.533. The molecule has 0 N–H and O–H groups in total. The highest BCUT2D eigenvalue weighted by Crippen LogP contribution is 2.55. The average molecular weight is 264 g/mol. The molecule has 2 rings (SSSR count). The summed E-state index contributed by atoms with van der Waals surface area (Å²) >= 11 is 0. The van der Waals surface area contributed by atoms with Crippen LogP contribution >= 0.6 is 10.0 Å².